The maximum Gasteiger partial charge on any atom is 0.237 e. The number of carbonyl (C=O) groups excluding carboxylic acids is 1. The second kappa shape index (κ2) is 7.41. The summed E-state index contributed by atoms with van der Waals surface area (Å²) >= 11 is 0. The van der Waals surface area contributed by atoms with Gasteiger partial charge in [0, 0.05) is 12.6 Å². The van der Waals surface area contributed by atoms with Crippen LogP contribution in [0.1, 0.15) is 46.5 Å². The molecule has 1 amide bonds. The molecule has 0 aromatic rings. The lowest BCUT2D eigenvalue weighted by Crippen LogP contribution is -2.49. The number of hydrogen-bond donors (Lipinski definition) is 2. The van der Waals surface area contributed by atoms with Gasteiger partial charge < -0.3 is 10.6 Å². The van der Waals surface area contributed by atoms with E-state index in [1.54, 1.807) is 0 Å². The highest BCUT2D eigenvalue weighted by Gasteiger charge is 2.28. The Kier molecular flexibility index (Phi) is 5.85. The van der Waals surface area contributed by atoms with Crippen molar-refractivity contribution in [1.82, 2.24) is 15.5 Å². The highest BCUT2D eigenvalue weighted by Crippen LogP contribution is 2.22. The van der Waals surface area contributed by atoms with Crippen molar-refractivity contribution in [1.29, 1.82) is 0 Å². The highest BCUT2D eigenvalue weighted by molar-refractivity contribution is 5.81. The van der Waals surface area contributed by atoms with Gasteiger partial charge in [0.15, 0.2) is 0 Å². The quantitative estimate of drug-likeness (QED) is 0.745. The predicted octanol–water partition coefficient (Wildman–Crippen LogP) is 1.61. The molecule has 1 saturated carbocycles. The van der Waals surface area contributed by atoms with E-state index in [0.717, 1.165) is 31.6 Å². The molecule has 1 aliphatic heterocycles. The number of piperidine rings is 1. The summed E-state index contributed by atoms with van der Waals surface area (Å²) in [5.41, 5.74) is 0. The van der Waals surface area contributed by atoms with E-state index in [4.69, 9.17) is 0 Å². The molecule has 2 aliphatic rings. The monoisotopic (exact) mass is 281 g/mol. The third-order valence-electron chi connectivity index (χ3n) is 4.53. The molecule has 0 spiro atoms. The van der Waals surface area contributed by atoms with Crippen LogP contribution >= 0.6 is 0 Å². The minimum Gasteiger partial charge on any atom is -0.354 e. The van der Waals surface area contributed by atoms with Crippen molar-refractivity contribution in [2.45, 2.75) is 58.5 Å². The molecular formula is C16H31N3O. The molecule has 0 aromatic heterocycles. The van der Waals surface area contributed by atoms with Crippen LogP contribution in [0.4, 0.5) is 0 Å². The number of amides is 1. The maximum atomic E-state index is 12.1. The molecule has 1 heterocycles. The number of likely N-dealkylation sites (tertiary alicyclic amines) is 1. The van der Waals surface area contributed by atoms with Gasteiger partial charge in [-0.1, -0.05) is 13.8 Å². The Morgan fingerprint density at radius 3 is 2.35 bits per heavy atom. The predicted molar refractivity (Wildman–Crippen MR) is 82.6 cm³/mol. The third kappa shape index (κ3) is 5.06. The van der Waals surface area contributed by atoms with Crippen LogP contribution in [0.2, 0.25) is 0 Å². The number of carbonyl (C=O) groups is 1. The van der Waals surface area contributed by atoms with Crippen molar-refractivity contribution in [3.05, 3.63) is 0 Å². The molecule has 2 fully saturated rings. The first kappa shape index (κ1) is 15.8. The Morgan fingerprint density at radius 2 is 1.80 bits per heavy atom. The standard InChI is InChI=1S/C16H31N3O/c1-12(2)10-18-16(20)13(3)19-8-6-14(7-9-19)11-17-15-4-5-15/h12-15,17H,4-11H2,1-3H3,(H,18,20). The summed E-state index contributed by atoms with van der Waals surface area (Å²) in [6, 6.07) is 0.833. The van der Waals surface area contributed by atoms with Crippen LogP contribution < -0.4 is 10.6 Å². The average Bonchev–Trinajstić information content (AvgIpc) is 3.26. The fraction of sp³-hybridized carbons (Fsp3) is 0.938. The number of hydrogen-bond acceptors (Lipinski definition) is 3. The summed E-state index contributed by atoms with van der Waals surface area (Å²) in [4.78, 5) is 14.4. The summed E-state index contributed by atoms with van der Waals surface area (Å²) in [5.74, 6) is 1.51. The van der Waals surface area contributed by atoms with Gasteiger partial charge in [-0.15, -0.1) is 0 Å². The van der Waals surface area contributed by atoms with Gasteiger partial charge in [0.1, 0.15) is 0 Å². The zero-order chi connectivity index (χ0) is 14.5. The van der Waals surface area contributed by atoms with E-state index in [1.807, 2.05) is 6.92 Å². The number of nitrogens with zero attached hydrogens (tertiary/aromatic N) is 1. The average molecular weight is 281 g/mol. The molecule has 4 nitrogen and oxygen atoms in total. The van der Waals surface area contributed by atoms with E-state index in [-0.39, 0.29) is 11.9 Å². The van der Waals surface area contributed by atoms with E-state index in [2.05, 4.69) is 29.4 Å². The van der Waals surface area contributed by atoms with Gasteiger partial charge >= 0.3 is 0 Å². The molecule has 20 heavy (non-hydrogen) atoms. The topological polar surface area (TPSA) is 44.4 Å². The van der Waals surface area contributed by atoms with Gasteiger partial charge in [0.2, 0.25) is 5.91 Å². The second-order valence-corrected chi connectivity index (χ2v) is 6.98. The minimum absolute atomic E-state index is 0.0195. The summed E-state index contributed by atoms with van der Waals surface area (Å²) < 4.78 is 0. The number of rotatable bonds is 7. The van der Waals surface area contributed by atoms with Crippen molar-refractivity contribution < 1.29 is 4.79 Å². The van der Waals surface area contributed by atoms with Crippen molar-refractivity contribution in [2.75, 3.05) is 26.2 Å². The molecular weight excluding hydrogens is 250 g/mol. The fourth-order valence-electron chi connectivity index (χ4n) is 2.78. The van der Waals surface area contributed by atoms with Crippen molar-refractivity contribution in [3.63, 3.8) is 0 Å². The lowest BCUT2D eigenvalue weighted by Gasteiger charge is -2.35. The SMILES string of the molecule is CC(C)CNC(=O)C(C)N1CCC(CNC2CC2)CC1. The summed E-state index contributed by atoms with van der Waals surface area (Å²) in [7, 11) is 0. The normalized spacial score (nSPS) is 23.0. The van der Waals surface area contributed by atoms with Gasteiger partial charge in [-0.25, -0.2) is 0 Å². The largest absolute Gasteiger partial charge is 0.354 e. The molecule has 4 heteroatoms. The van der Waals surface area contributed by atoms with Crippen LogP contribution in [0, 0.1) is 11.8 Å². The first-order valence-electron chi connectivity index (χ1n) is 8.31. The van der Waals surface area contributed by atoms with Gasteiger partial charge in [-0.05, 0) is 64.1 Å². The van der Waals surface area contributed by atoms with Gasteiger partial charge in [-0.3, -0.25) is 9.69 Å². The fourth-order valence-corrected chi connectivity index (χ4v) is 2.78. The van der Waals surface area contributed by atoms with Crippen LogP contribution in [0.3, 0.4) is 0 Å². The zero-order valence-electron chi connectivity index (χ0n) is 13.3. The summed E-state index contributed by atoms with van der Waals surface area (Å²) in [5, 5.41) is 6.67. The van der Waals surface area contributed by atoms with E-state index in [0.29, 0.717) is 5.92 Å². The van der Waals surface area contributed by atoms with Crippen molar-refractivity contribution in [2.24, 2.45) is 11.8 Å². The first-order chi connectivity index (χ1) is 9.56. The van der Waals surface area contributed by atoms with Crippen LogP contribution in [0.15, 0.2) is 0 Å². The van der Waals surface area contributed by atoms with Crippen LogP contribution in [-0.2, 0) is 4.79 Å². The summed E-state index contributed by atoms with van der Waals surface area (Å²) in [6.07, 6.45) is 5.18. The molecule has 0 radical (unpaired) electrons. The molecule has 0 bridgehead atoms. The Labute approximate surface area is 123 Å². The molecule has 1 saturated heterocycles. The minimum atomic E-state index is 0.0195. The van der Waals surface area contributed by atoms with Crippen LogP contribution in [-0.4, -0.2) is 49.1 Å². The van der Waals surface area contributed by atoms with Crippen LogP contribution in [0.25, 0.3) is 0 Å². The zero-order valence-corrected chi connectivity index (χ0v) is 13.3. The summed E-state index contributed by atoms with van der Waals surface area (Å²) in [6.45, 7) is 10.4. The van der Waals surface area contributed by atoms with Crippen molar-refractivity contribution in [3.8, 4) is 0 Å². The highest BCUT2D eigenvalue weighted by atomic mass is 16.2. The lowest BCUT2D eigenvalue weighted by molar-refractivity contribution is -0.126. The molecule has 1 aliphatic carbocycles. The van der Waals surface area contributed by atoms with Gasteiger partial charge in [0.25, 0.3) is 0 Å². The van der Waals surface area contributed by atoms with Crippen molar-refractivity contribution >= 4 is 5.91 Å². The first-order valence-corrected chi connectivity index (χ1v) is 8.31. The Bertz CT molecular complexity index is 307. The van der Waals surface area contributed by atoms with E-state index in [9.17, 15) is 4.79 Å². The van der Waals surface area contributed by atoms with Gasteiger partial charge in [0.05, 0.1) is 6.04 Å². The number of nitrogens with one attached hydrogen (secondary N) is 2. The lowest BCUT2D eigenvalue weighted by atomic mass is 9.95. The second-order valence-electron chi connectivity index (χ2n) is 6.98. The molecule has 0 aromatic carbocycles. The van der Waals surface area contributed by atoms with Crippen LogP contribution in [0.5, 0.6) is 0 Å². The Balaban J connectivity index is 1.64. The third-order valence-corrected chi connectivity index (χ3v) is 4.53. The molecule has 1 atom stereocenters. The molecule has 116 valence electrons. The Hall–Kier alpha value is -0.610. The van der Waals surface area contributed by atoms with E-state index >= 15 is 0 Å². The van der Waals surface area contributed by atoms with E-state index < -0.39 is 0 Å². The molecule has 2 N–H and O–H groups in total. The molecule has 1 unspecified atom stereocenters. The molecule has 2 rings (SSSR count). The smallest absolute Gasteiger partial charge is 0.237 e. The Morgan fingerprint density at radius 1 is 1.15 bits per heavy atom. The van der Waals surface area contributed by atoms with Gasteiger partial charge in [-0.2, -0.15) is 0 Å². The van der Waals surface area contributed by atoms with E-state index in [1.165, 1.54) is 32.2 Å². The maximum absolute atomic E-state index is 12.1.